The van der Waals surface area contributed by atoms with Gasteiger partial charge in [-0.15, -0.1) is 0 Å². The zero-order valence-electron chi connectivity index (χ0n) is 7.95. The Morgan fingerprint density at radius 1 is 1.36 bits per heavy atom. The van der Waals surface area contributed by atoms with Crippen molar-refractivity contribution in [1.29, 1.82) is 0 Å². The fraction of sp³-hybridized carbons (Fsp3) is 0.333. The molecule has 0 unspecified atom stereocenters. The molecule has 0 atom stereocenters. The molecule has 0 heterocycles. The first-order valence-corrected chi connectivity index (χ1v) is 4.31. The van der Waals surface area contributed by atoms with Crippen molar-refractivity contribution in [3.05, 3.63) is 29.8 Å². The number of rotatable bonds is 3. The van der Waals surface area contributed by atoms with Crippen LogP contribution in [-0.4, -0.2) is 12.2 Å². The number of aromatic hydroxyl groups is 1. The number of phenolic OH excluding ortho intramolecular Hbond substituents is 1. The van der Waals surface area contributed by atoms with Crippen LogP contribution in [0.1, 0.15) is 26.3 Å². The van der Waals surface area contributed by atoms with Gasteiger partial charge in [-0.2, -0.15) is 0 Å². The molecule has 2 nitrogen and oxygen atoms in total. The molecule has 0 saturated carbocycles. The molecule has 0 bridgehead atoms. The Morgan fingerprint density at radius 3 is 2.64 bits per heavy atom. The Labute approximate surface area is 85.8 Å². The van der Waals surface area contributed by atoms with E-state index in [1.807, 2.05) is 18.2 Å². The topological polar surface area (TPSA) is 29.5 Å². The van der Waals surface area contributed by atoms with Crippen molar-refractivity contribution in [1.82, 2.24) is 0 Å². The Bertz CT molecular complexity index is 303. The van der Waals surface area contributed by atoms with Crippen LogP contribution in [0.15, 0.2) is 24.3 Å². The van der Waals surface area contributed by atoms with Gasteiger partial charge in [-0.25, -0.2) is 0 Å². The van der Waals surface area contributed by atoms with E-state index in [2.05, 4.69) is 6.92 Å². The molecule has 1 rings (SSSR count). The molecule has 0 aliphatic carbocycles. The number of benzene rings is 1. The molecule has 1 aromatic rings. The predicted octanol–water partition coefficient (Wildman–Crippen LogP) is 3.46. The summed E-state index contributed by atoms with van der Waals surface area (Å²) in [4.78, 5) is 0. The van der Waals surface area contributed by atoms with Gasteiger partial charge in [0.05, 0.1) is 7.11 Å². The Kier molecular flexibility index (Phi) is 5.46. The zero-order valence-corrected chi connectivity index (χ0v) is 7.95. The number of hydrogen-bond donors (Lipinski definition) is 1. The van der Waals surface area contributed by atoms with E-state index in [0.717, 1.165) is 12.0 Å². The molecule has 0 fully saturated rings. The maximum Gasteiger partial charge on any atom is 0.123 e. The highest BCUT2D eigenvalue weighted by Crippen LogP contribution is 2.22. The monoisotopic (exact) mass is 194 g/mol. The van der Waals surface area contributed by atoms with Crippen molar-refractivity contribution in [2.45, 2.75) is 20.8 Å². The lowest BCUT2D eigenvalue weighted by atomic mass is 10.2. The average molecular weight is 194 g/mol. The van der Waals surface area contributed by atoms with Crippen LogP contribution >= 0.6 is 0 Å². The lowest BCUT2D eigenvalue weighted by Crippen LogP contribution is -1.83. The lowest BCUT2D eigenvalue weighted by Gasteiger charge is -2.02. The quantitative estimate of drug-likeness (QED) is 0.798. The first-order chi connectivity index (χ1) is 6.26. The van der Waals surface area contributed by atoms with Gasteiger partial charge in [0.2, 0.25) is 0 Å². The third-order valence-corrected chi connectivity index (χ3v) is 1.70. The van der Waals surface area contributed by atoms with Crippen molar-refractivity contribution in [2.75, 3.05) is 7.11 Å². The van der Waals surface area contributed by atoms with Gasteiger partial charge >= 0.3 is 0 Å². The SMILES string of the molecule is C.CC/C=C\c1cc(O)cc(OC)c1. The first-order valence-electron chi connectivity index (χ1n) is 4.31. The highest BCUT2D eigenvalue weighted by molar-refractivity contribution is 5.54. The molecule has 1 aromatic carbocycles. The highest BCUT2D eigenvalue weighted by Gasteiger charge is 1.96. The van der Waals surface area contributed by atoms with Crippen LogP contribution in [0.2, 0.25) is 0 Å². The van der Waals surface area contributed by atoms with E-state index < -0.39 is 0 Å². The van der Waals surface area contributed by atoms with Crippen LogP contribution in [0.5, 0.6) is 11.5 Å². The molecule has 0 aliphatic heterocycles. The number of phenols is 1. The van der Waals surface area contributed by atoms with Crippen LogP contribution < -0.4 is 4.74 Å². The van der Waals surface area contributed by atoms with Crippen molar-refractivity contribution in [3.8, 4) is 11.5 Å². The zero-order chi connectivity index (χ0) is 9.68. The maximum absolute atomic E-state index is 9.31. The molecule has 78 valence electrons. The second-order valence-corrected chi connectivity index (χ2v) is 2.77. The van der Waals surface area contributed by atoms with E-state index in [1.165, 1.54) is 0 Å². The maximum atomic E-state index is 9.31. The van der Waals surface area contributed by atoms with Gasteiger partial charge in [-0.3, -0.25) is 0 Å². The molecule has 0 amide bonds. The van der Waals surface area contributed by atoms with Crippen molar-refractivity contribution in [2.24, 2.45) is 0 Å². The third-order valence-electron chi connectivity index (χ3n) is 1.70. The Morgan fingerprint density at radius 2 is 2.07 bits per heavy atom. The number of methoxy groups -OCH3 is 1. The minimum atomic E-state index is 0. The van der Waals surface area contributed by atoms with Gasteiger partial charge in [0.25, 0.3) is 0 Å². The highest BCUT2D eigenvalue weighted by atomic mass is 16.5. The van der Waals surface area contributed by atoms with Crippen molar-refractivity contribution in [3.63, 3.8) is 0 Å². The predicted molar refractivity (Wildman–Crippen MR) is 60.7 cm³/mol. The minimum absolute atomic E-state index is 0. The molecule has 1 N–H and O–H groups in total. The summed E-state index contributed by atoms with van der Waals surface area (Å²) < 4.78 is 5.02. The minimum Gasteiger partial charge on any atom is -0.508 e. The number of hydrogen-bond acceptors (Lipinski definition) is 2. The largest absolute Gasteiger partial charge is 0.508 e. The summed E-state index contributed by atoms with van der Waals surface area (Å²) in [5.74, 6) is 0.908. The van der Waals surface area contributed by atoms with Crippen LogP contribution in [0.3, 0.4) is 0 Å². The van der Waals surface area contributed by atoms with E-state index in [1.54, 1.807) is 19.2 Å². The van der Waals surface area contributed by atoms with Crippen LogP contribution in [0, 0.1) is 0 Å². The van der Waals surface area contributed by atoms with E-state index in [9.17, 15) is 5.11 Å². The first kappa shape index (κ1) is 12.6. The molecule has 0 spiro atoms. The summed E-state index contributed by atoms with van der Waals surface area (Å²) in [5, 5.41) is 9.31. The second kappa shape index (κ2) is 6.08. The molecule has 0 saturated heterocycles. The normalized spacial score (nSPS) is 9.86. The molecular formula is C12H18O2. The molecule has 2 heteroatoms. The van der Waals surface area contributed by atoms with Gasteiger partial charge < -0.3 is 9.84 Å². The summed E-state index contributed by atoms with van der Waals surface area (Å²) in [6.45, 7) is 2.07. The Hall–Kier alpha value is -1.44. The smallest absolute Gasteiger partial charge is 0.123 e. The second-order valence-electron chi connectivity index (χ2n) is 2.77. The van der Waals surface area contributed by atoms with Crippen LogP contribution in [0.25, 0.3) is 6.08 Å². The van der Waals surface area contributed by atoms with Gasteiger partial charge in [0.15, 0.2) is 0 Å². The standard InChI is InChI=1S/C11H14O2.CH4/c1-3-4-5-9-6-10(12)8-11(7-9)13-2;/h4-8,12H,3H2,1-2H3;1H4/b5-4-;. The summed E-state index contributed by atoms with van der Waals surface area (Å²) in [5.41, 5.74) is 0.957. The summed E-state index contributed by atoms with van der Waals surface area (Å²) in [6.07, 6.45) is 4.98. The van der Waals surface area contributed by atoms with E-state index in [4.69, 9.17) is 4.74 Å². The Balaban J connectivity index is 0.00000169. The third kappa shape index (κ3) is 3.52. The summed E-state index contributed by atoms with van der Waals surface area (Å²) in [6, 6.07) is 5.17. The molecule has 0 radical (unpaired) electrons. The van der Waals surface area contributed by atoms with Gasteiger partial charge in [0, 0.05) is 6.07 Å². The van der Waals surface area contributed by atoms with Crippen LogP contribution in [0.4, 0.5) is 0 Å². The fourth-order valence-corrected chi connectivity index (χ4v) is 1.07. The van der Waals surface area contributed by atoms with Gasteiger partial charge in [-0.05, 0) is 24.1 Å². The average Bonchev–Trinajstić information content (AvgIpc) is 2.14. The van der Waals surface area contributed by atoms with Gasteiger partial charge in [0.1, 0.15) is 11.5 Å². The number of allylic oxidation sites excluding steroid dienone is 1. The summed E-state index contributed by atoms with van der Waals surface area (Å²) in [7, 11) is 1.59. The number of ether oxygens (including phenoxy) is 1. The van der Waals surface area contributed by atoms with Gasteiger partial charge in [-0.1, -0.05) is 26.5 Å². The fourth-order valence-electron chi connectivity index (χ4n) is 1.07. The van der Waals surface area contributed by atoms with E-state index >= 15 is 0 Å². The van der Waals surface area contributed by atoms with E-state index in [0.29, 0.717) is 5.75 Å². The molecule has 0 aromatic heterocycles. The summed E-state index contributed by atoms with van der Waals surface area (Å²) >= 11 is 0. The molecular weight excluding hydrogens is 176 g/mol. The molecule has 14 heavy (non-hydrogen) atoms. The molecule has 0 aliphatic rings. The van der Waals surface area contributed by atoms with E-state index in [-0.39, 0.29) is 13.2 Å². The lowest BCUT2D eigenvalue weighted by molar-refractivity contribution is 0.407. The van der Waals surface area contributed by atoms with Crippen molar-refractivity contribution >= 4 is 6.08 Å². The van der Waals surface area contributed by atoms with Crippen molar-refractivity contribution < 1.29 is 9.84 Å². The van der Waals surface area contributed by atoms with Crippen LogP contribution in [-0.2, 0) is 0 Å².